The number of aromatic nitrogens is 4. The summed E-state index contributed by atoms with van der Waals surface area (Å²) < 4.78 is 13.4. The zero-order valence-electron chi connectivity index (χ0n) is 18.6. The molecule has 2 aromatic carbocycles. The number of amides is 2. The molecule has 0 bridgehead atoms. The number of tetrazole rings is 1. The Bertz CT molecular complexity index is 1090. The van der Waals surface area contributed by atoms with Crippen molar-refractivity contribution < 1.29 is 14.0 Å². The number of benzene rings is 2. The first kappa shape index (κ1) is 22.6. The number of rotatable bonds is 7. The monoisotopic (exact) mass is 450 g/mol. The summed E-state index contributed by atoms with van der Waals surface area (Å²) in [5, 5.41) is 15.3. The number of carbonyl (C=O) groups is 2. The molecule has 1 heterocycles. The zero-order valence-corrected chi connectivity index (χ0v) is 18.6. The van der Waals surface area contributed by atoms with E-state index >= 15 is 0 Å². The second-order valence-electron chi connectivity index (χ2n) is 8.37. The number of carbonyl (C=O) groups excluding carboxylic acids is 2. The van der Waals surface area contributed by atoms with Crippen molar-refractivity contribution in [2.24, 2.45) is 0 Å². The lowest BCUT2D eigenvalue weighted by atomic mass is 9.95. The fourth-order valence-corrected chi connectivity index (χ4v) is 3.94. The van der Waals surface area contributed by atoms with Gasteiger partial charge in [-0.15, -0.1) is 10.2 Å². The molecule has 33 heavy (non-hydrogen) atoms. The highest BCUT2D eigenvalue weighted by atomic mass is 19.1. The van der Waals surface area contributed by atoms with E-state index in [1.165, 1.54) is 40.4 Å². The van der Waals surface area contributed by atoms with Crippen molar-refractivity contribution >= 4 is 17.5 Å². The van der Waals surface area contributed by atoms with Gasteiger partial charge in [0.1, 0.15) is 18.9 Å². The van der Waals surface area contributed by atoms with Crippen LogP contribution in [0.4, 0.5) is 10.1 Å². The van der Waals surface area contributed by atoms with Crippen LogP contribution in [0.25, 0.3) is 11.4 Å². The lowest BCUT2D eigenvalue weighted by molar-refractivity contribution is -0.124. The Morgan fingerprint density at radius 3 is 2.45 bits per heavy atom. The second-order valence-corrected chi connectivity index (χ2v) is 8.37. The molecule has 1 fully saturated rings. The molecule has 8 nitrogen and oxygen atoms in total. The molecule has 3 aromatic rings. The highest BCUT2D eigenvalue weighted by Crippen LogP contribution is 2.19. The van der Waals surface area contributed by atoms with Crippen LogP contribution in [0.3, 0.4) is 0 Å². The van der Waals surface area contributed by atoms with Crippen LogP contribution in [0.1, 0.15) is 37.7 Å². The van der Waals surface area contributed by atoms with Crippen molar-refractivity contribution in [2.45, 2.75) is 51.6 Å². The minimum atomic E-state index is -0.418. The van der Waals surface area contributed by atoms with Gasteiger partial charge < -0.3 is 10.2 Å². The summed E-state index contributed by atoms with van der Waals surface area (Å²) in [5.74, 6) is -0.649. The minimum Gasteiger partial charge on any atom is -0.352 e. The van der Waals surface area contributed by atoms with E-state index < -0.39 is 11.7 Å². The standard InChI is InChI=1S/C24H27FN6O2/c1-17-7-9-18(10-8-17)24-27-29-31(28-24)16-23(33)30(21-13-11-19(25)12-14-21)15-22(32)26-20-5-3-2-4-6-20/h7-14,20H,2-6,15-16H2,1H3,(H,26,32). The van der Waals surface area contributed by atoms with Crippen molar-refractivity contribution in [1.29, 1.82) is 0 Å². The highest BCUT2D eigenvalue weighted by Gasteiger charge is 2.23. The molecule has 9 heteroatoms. The molecule has 1 aliphatic carbocycles. The molecule has 0 atom stereocenters. The topological polar surface area (TPSA) is 93.0 Å². The summed E-state index contributed by atoms with van der Waals surface area (Å²) in [6.45, 7) is 1.62. The van der Waals surface area contributed by atoms with Gasteiger partial charge in [0.15, 0.2) is 0 Å². The SMILES string of the molecule is Cc1ccc(-c2nnn(CC(=O)N(CC(=O)NC3CCCCC3)c3ccc(F)cc3)n2)cc1. The van der Waals surface area contributed by atoms with Crippen LogP contribution in [0.15, 0.2) is 48.5 Å². The van der Waals surface area contributed by atoms with Gasteiger partial charge in [-0.2, -0.15) is 4.80 Å². The van der Waals surface area contributed by atoms with Crippen LogP contribution in [-0.4, -0.2) is 44.6 Å². The number of anilines is 1. The first-order valence-electron chi connectivity index (χ1n) is 11.2. The number of halogens is 1. The third kappa shape index (κ3) is 6.00. The smallest absolute Gasteiger partial charge is 0.251 e. The van der Waals surface area contributed by atoms with Gasteiger partial charge in [-0.1, -0.05) is 49.1 Å². The van der Waals surface area contributed by atoms with Crippen molar-refractivity contribution in [3.05, 3.63) is 59.9 Å². The molecule has 2 amide bonds. The molecule has 0 spiro atoms. The minimum absolute atomic E-state index is 0.130. The maximum atomic E-state index is 13.4. The quantitative estimate of drug-likeness (QED) is 0.596. The Hall–Kier alpha value is -3.62. The summed E-state index contributed by atoms with van der Waals surface area (Å²) in [7, 11) is 0. The average molecular weight is 451 g/mol. The second kappa shape index (κ2) is 10.3. The summed E-state index contributed by atoms with van der Waals surface area (Å²) in [5.41, 5.74) is 2.34. The van der Waals surface area contributed by atoms with E-state index in [1.807, 2.05) is 31.2 Å². The average Bonchev–Trinajstić information content (AvgIpc) is 3.27. The number of hydrogen-bond acceptors (Lipinski definition) is 5. The molecule has 1 aliphatic rings. The van der Waals surface area contributed by atoms with Crippen molar-refractivity contribution in [1.82, 2.24) is 25.5 Å². The van der Waals surface area contributed by atoms with Gasteiger partial charge in [-0.05, 0) is 49.2 Å². The maximum Gasteiger partial charge on any atom is 0.251 e. The molecule has 4 rings (SSSR count). The number of hydrogen-bond donors (Lipinski definition) is 1. The van der Waals surface area contributed by atoms with Gasteiger partial charge in [0, 0.05) is 17.3 Å². The fourth-order valence-electron chi connectivity index (χ4n) is 3.94. The Kier molecular flexibility index (Phi) is 7.07. The lowest BCUT2D eigenvalue weighted by Gasteiger charge is -2.26. The molecule has 0 aliphatic heterocycles. The molecule has 1 N–H and O–H groups in total. The first-order valence-corrected chi connectivity index (χ1v) is 11.2. The lowest BCUT2D eigenvalue weighted by Crippen LogP contribution is -2.46. The van der Waals surface area contributed by atoms with E-state index in [0.29, 0.717) is 11.5 Å². The first-order chi connectivity index (χ1) is 16.0. The van der Waals surface area contributed by atoms with Gasteiger partial charge in [-0.25, -0.2) is 4.39 Å². The van der Waals surface area contributed by atoms with E-state index in [2.05, 4.69) is 20.7 Å². The van der Waals surface area contributed by atoms with Crippen LogP contribution in [-0.2, 0) is 16.1 Å². The molecule has 0 unspecified atom stereocenters. The Balaban J connectivity index is 1.47. The molecule has 1 saturated carbocycles. The van der Waals surface area contributed by atoms with E-state index in [0.717, 1.165) is 36.8 Å². The molecule has 1 aromatic heterocycles. The third-order valence-corrected chi connectivity index (χ3v) is 5.75. The summed E-state index contributed by atoms with van der Waals surface area (Å²) in [4.78, 5) is 28.4. The predicted molar refractivity (Wildman–Crippen MR) is 122 cm³/mol. The van der Waals surface area contributed by atoms with Crippen molar-refractivity contribution in [3.63, 3.8) is 0 Å². The van der Waals surface area contributed by atoms with E-state index in [1.54, 1.807) is 0 Å². The normalized spacial score (nSPS) is 14.1. The van der Waals surface area contributed by atoms with Crippen LogP contribution >= 0.6 is 0 Å². The fraction of sp³-hybridized carbons (Fsp3) is 0.375. The maximum absolute atomic E-state index is 13.4. The molecule has 172 valence electrons. The predicted octanol–water partition coefficient (Wildman–Crippen LogP) is 3.27. The van der Waals surface area contributed by atoms with Gasteiger partial charge >= 0.3 is 0 Å². The van der Waals surface area contributed by atoms with Gasteiger partial charge in [0.05, 0.1) is 0 Å². The van der Waals surface area contributed by atoms with Crippen LogP contribution in [0, 0.1) is 12.7 Å². The van der Waals surface area contributed by atoms with E-state index in [-0.39, 0.29) is 25.0 Å². The Labute approximate surface area is 191 Å². The zero-order chi connectivity index (χ0) is 23.2. The molecular weight excluding hydrogens is 423 g/mol. The van der Waals surface area contributed by atoms with Gasteiger partial charge in [0.2, 0.25) is 11.7 Å². The van der Waals surface area contributed by atoms with Crippen LogP contribution in [0.2, 0.25) is 0 Å². The number of aryl methyl sites for hydroxylation is 1. The molecule has 0 saturated heterocycles. The number of nitrogens with one attached hydrogen (secondary N) is 1. The summed E-state index contributed by atoms with van der Waals surface area (Å²) >= 11 is 0. The van der Waals surface area contributed by atoms with Crippen LogP contribution < -0.4 is 10.2 Å². The van der Waals surface area contributed by atoms with E-state index in [9.17, 15) is 14.0 Å². The van der Waals surface area contributed by atoms with Gasteiger partial charge in [0.25, 0.3) is 5.91 Å². The molecule has 0 radical (unpaired) electrons. The van der Waals surface area contributed by atoms with Crippen molar-refractivity contribution in [2.75, 3.05) is 11.4 Å². The largest absolute Gasteiger partial charge is 0.352 e. The van der Waals surface area contributed by atoms with Crippen molar-refractivity contribution in [3.8, 4) is 11.4 Å². The number of nitrogens with zero attached hydrogens (tertiary/aromatic N) is 5. The Morgan fingerprint density at radius 1 is 1.06 bits per heavy atom. The summed E-state index contributed by atoms with van der Waals surface area (Å²) in [6, 6.07) is 13.3. The highest BCUT2D eigenvalue weighted by molar-refractivity contribution is 5.98. The van der Waals surface area contributed by atoms with E-state index in [4.69, 9.17) is 0 Å². The summed E-state index contributed by atoms with van der Waals surface area (Å²) in [6.07, 6.45) is 5.25. The molecular formula is C24H27FN6O2. The Morgan fingerprint density at radius 2 is 1.76 bits per heavy atom. The van der Waals surface area contributed by atoms with Gasteiger partial charge in [-0.3, -0.25) is 9.59 Å². The third-order valence-electron chi connectivity index (χ3n) is 5.75. The van der Waals surface area contributed by atoms with Crippen LogP contribution in [0.5, 0.6) is 0 Å².